The van der Waals surface area contributed by atoms with E-state index in [0.29, 0.717) is 6.42 Å². The maximum absolute atomic E-state index is 12.5. The third-order valence-electron chi connectivity index (χ3n) is 3.46. The van der Waals surface area contributed by atoms with E-state index in [1.54, 1.807) is 0 Å². The summed E-state index contributed by atoms with van der Waals surface area (Å²) in [6, 6.07) is 2.38. The van der Waals surface area contributed by atoms with Gasteiger partial charge < -0.3 is 5.11 Å². The summed E-state index contributed by atoms with van der Waals surface area (Å²) in [4.78, 5) is 21.1. The van der Waals surface area contributed by atoms with Crippen LogP contribution in [-0.4, -0.2) is 41.3 Å². The van der Waals surface area contributed by atoms with Crippen molar-refractivity contribution in [2.24, 2.45) is 0 Å². The molecule has 0 radical (unpaired) electrons. The number of nitrogens with zero attached hydrogens (tertiary/aromatic N) is 2. The minimum absolute atomic E-state index is 0.126. The summed E-state index contributed by atoms with van der Waals surface area (Å²) >= 11 is 0. The van der Waals surface area contributed by atoms with Crippen LogP contribution in [0.4, 0.5) is 5.69 Å². The van der Waals surface area contributed by atoms with Gasteiger partial charge in [-0.25, -0.2) is 8.42 Å². The molecule has 114 valence electrons. The average molecular weight is 314 g/mol. The molecule has 1 saturated heterocycles. The Kier molecular flexibility index (Phi) is 3.97. The molecule has 0 amide bonds. The minimum atomic E-state index is -3.97. The lowest BCUT2D eigenvalue weighted by molar-refractivity contribution is -0.385. The van der Waals surface area contributed by atoms with E-state index in [4.69, 9.17) is 5.11 Å². The number of benzene rings is 1. The van der Waals surface area contributed by atoms with Crippen molar-refractivity contribution in [1.29, 1.82) is 0 Å². The molecule has 1 N–H and O–H groups in total. The summed E-state index contributed by atoms with van der Waals surface area (Å²) in [6.45, 7) is 1.57. The van der Waals surface area contributed by atoms with Crippen LogP contribution in [0.25, 0.3) is 0 Å². The van der Waals surface area contributed by atoms with Crippen molar-refractivity contribution < 1.29 is 23.2 Å². The van der Waals surface area contributed by atoms with Crippen molar-refractivity contribution in [3.8, 4) is 0 Å². The second-order valence-electron chi connectivity index (χ2n) is 4.82. The lowest BCUT2D eigenvalue weighted by atomic mass is 10.2. The Morgan fingerprint density at radius 3 is 2.67 bits per heavy atom. The fourth-order valence-electron chi connectivity index (χ4n) is 2.40. The Morgan fingerprint density at radius 2 is 2.14 bits per heavy atom. The van der Waals surface area contributed by atoms with Crippen molar-refractivity contribution in [1.82, 2.24) is 4.31 Å². The molecule has 1 heterocycles. The second kappa shape index (κ2) is 5.41. The molecule has 0 saturated carbocycles. The molecule has 1 aromatic rings. The van der Waals surface area contributed by atoms with Crippen LogP contribution in [0.15, 0.2) is 23.1 Å². The highest BCUT2D eigenvalue weighted by atomic mass is 32.2. The Balaban J connectivity index is 2.43. The molecule has 9 heteroatoms. The van der Waals surface area contributed by atoms with Crippen LogP contribution in [0.2, 0.25) is 0 Å². The third kappa shape index (κ3) is 2.74. The van der Waals surface area contributed by atoms with E-state index in [0.717, 1.165) is 16.4 Å². The quantitative estimate of drug-likeness (QED) is 0.657. The summed E-state index contributed by atoms with van der Waals surface area (Å²) in [5.41, 5.74) is 0.0392. The number of aliphatic carboxylic acids is 1. The Morgan fingerprint density at radius 1 is 1.48 bits per heavy atom. The zero-order valence-electron chi connectivity index (χ0n) is 11.2. The summed E-state index contributed by atoms with van der Waals surface area (Å²) < 4.78 is 25.9. The zero-order valence-corrected chi connectivity index (χ0v) is 12.0. The van der Waals surface area contributed by atoms with E-state index in [-0.39, 0.29) is 29.1 Å². The van der Waals surface area contributed by atoms with Gasteiger partial charge in [-0.3, -0.25) is 14.9 Å². The molecule has 0 unspecified atom stereocenters. The largest absolute Gasteiger partial charge is 0.480 e. The van der Waals surface area contributed by atoms with E-state index in [1.165, 1.54) is 13.0 Å². The highest BCUT2D eigenvalue weighted by Gasteiger charge is 2.39. The molecule has 2 rings (SSSR count). The predicted octanol–water partition coefficient (Wildman–Crippen LogP) is 1.14. The Bertz CT molecular complexity index is 700. The van der Waals surface area contributed by atoms with Gasteiger partial charge >= 0.3 is 5.97 Å². The van der Waals surface area contributed by atoms with Crippen molar-refractivity contribution in [3.63, 3.8) is 0 Å². The molecule has 1 atom stereocenters. The number of hydrogen-bond acceptors (Lipinski definition) is 5. The third-order valence-corrected chi connectivity index (χ3v) is 5.36. The number of rotatable bonds is 4. The van der Waals surface area contributed by atoms with Gasteiger partial charge in [0.15, 0.2) is 0 Å². The molecule has 0 aromatic heterocycles. The van der Waals surface area contributed by atoms with Crippen LogP contribution in [0.5, 0.6) is 0 Å². The van der Waals surface area contributed by atoms with Crippen molar-refractivity contribution >= 4 is 21.7 Å². The van der Waals surface area contributed by atoms with Gasteiger partial charge in [-0.2, -0.15) is 4.31 Å². The Labute approximate surface area is 121 Å². The molecule has 1 fully saturated rings. The van der Waals surface area contributed by atoms with Crippen molar-refractivity contribution in [2.45, 2.75) is 30.7 Å². The number of carbonyl (C=O) groups is 1. The topological polar surface area (TPSA) is 118 Å². The molecular weight excluding hydrogens is 300 g/mol. The van der Waals surface area contributed by atoms with Crippen LogP contribution in [0.3, 0.4) is 0 Å². The van der Waals surface area contributed by atoms with Crippen LogP contribution < -0.4 is 0 Å². The van der Waals surface area contributed by atoms with Crippen LogP contribution in [0, 0.1) is 17.0 Å². The lowest BCUT2D eigenvalue weighted by Gasteiger charge is -2.21. The first-order chi connectivity index (χ1) is 9.75. The summed E-state index contributed by atoms with van der Waals surface area (Å²) in [5.74, 6) is -1.19. The number of sulfonamides is 1. The molecule has 1 aliphatic heterocycles. The SMILES string of the molecule is Cc1cc(S(=O)(=O)N2CCC[C@@H]2C(=O)O)ccc1[N+](=O)[O-]. The Hall–Kier alpha value is -2.00. The van der Waals surface area contributed by atoms with Gasteiger partial charge in [0.05, 0.1) is 9.82 Å². The van der Waals surface area contributed by atoms with Gasteiger partial charge in [-0.15, -0.1) is 0 Å². The smallest absolute Gasteiger partial charge is 0.322 e. The molecule has 0 spiro atoms. The molecule has 21 heavy (non-hydrogen) atoms. The fraction of sp³-hybridized carbons (Fsp3) is 0.417. The van der Waals surface area contributed by atoms with E-state index < -0.39 is 27.0 Å². The first-order valence-corrected chi connectivity index (χ1v) is 7.69. The number of hydrogen-bond donors (Lipinski definition) is 1. The zero-order chi connectivity index (χ0) is 15.8. The highest BCUT2D eigenvalue weighted by Crippen LogP contribution is 2.28. The molecule has 1 aromatic carbocycles. The number of nitro groups is 1. The van der Waals surface area contributed by atoms with Gasteiger partial charge in [0, 0.05) is 18.2 Å². The standard InChI is InChI=1S/C12H14N2O6S/c1-8-7-9(4-5-10(8)14(17)18)21(19,20)13-6-2-3-11(13)12(15)16/h4-5,7,11H,2-3,6H2,1H3,(H,15,16)/t11-/m1/s1. The van der Waals surface area contributed by atoms with Crippen LogP contribution in [0.1, 0.15) is 18.4 Å². The van der Waals surface area contributed by atoms with Crippen LogP contribution >= 0.6 is 0 Å². The average Bonchev–Trinajstić information content (AvgIpc) is 2.88. The number of nitro benzene ring substituents is 1. The van der Waals surface area contributed by atoms with E-state index >= 15 is 0 Å². The molecule has 0 bridgehead atoms. The molecule has 8 nitrogen and oxygen atoms in total. The minimum Gasteiger partial charge on any atom is -0.480 e. The van der Waals surface area contributed by atoms with Crippen LogP contribution in [-0.2, 0) is 14.8 Å². The van der Waals surface area contributed by atoms with Gasteiger partial charge in [-0.1, -0.05) is 0 Å². The van der Waals surface area contributed by atoms with Crippen molar-refractivity contribution in [2.75, 3.05) is 6.54 Å². The highest BCUT2D eigenvalue weighted by molar-refractivity contribution is 7.89. The van der Waals surface area contributed by atoms with Gasteiger partial charge in [0.2, 0.25) is 10.0 Å². The summed E-state index contributed by atoms with van der Waals surface area (Å²) in [6.07, 6.45) is 0.739. The number of carboxylic acids is 1. The van der Waals surface area contributed by atoms with E-state index in [9.17, 15) is 23.3 Å². The lowest BCUT2D eigenvalue weighted by Crippen LogP contribution is -2.40. The summed E-state index contributed by atoms with van der Waals surface area (Å²) in [5, 5.41) is 19.8. The maximum atomic E-state index is 12.5. The summed E-state index contributed by atoms with van der Waals surface area (Å²) in [7, 11) is -3.97. The molecular formula is C12H14N2O6S. The van der Waals surface area contributed by atoms with Gasteiger partial charge in [0.1, 0.15) is 6.04 Å². The second-order valence-corrected chi connectivity index (χ2v) is 6.71. The number of aryl methyl sites for hydroxylation is 1. The monoisotopic (exact) mass is 314 g/mol. The first-order valence-electron chi connectivity index (χ1n) is 6.25. The fourth-order valence-corrected chi connectivity index (χ4v) is 4.14. The van der Waals surface area contributed by atoms with E-state index in [2.05, 4.69) is 0 Å². The maximum Gasteiger partial charge on any atom is 0.322 e. The van der Waals surface area contributed by atoms with Gasteiger partial charge in [0.25, 0.3) is 5.69 Å². The van der Waals surface area contributed by atoms with E-state index in [1.807, 2.05) is 0 Å². The van der Waals surface area contributed by atoms with Crippen molar-refractivity contribution in [3.05, 3.63) is 33.9 Å². The number of carboxylic acid groups (broad SMARTS) is 1. The van der Waals surface area contributed by atoms with Gasteiger partial charge in [-0.05, 0) is 31.9 Å². The molecule has 1 aliphatic rings. The molecule has 0 aliphatic carbocycles. The first kappa shape index (κ1) is 15.4. The normalized spacial score (nSPS) is 19.6. The predicted molar refractivity (Wildman–Crippen MR) is 72.4 cm³/mol.